The van der Waals surface area contributed by atoms with Crippen molar-refractivity contribution in [3.63, 3.8) is 0 Å². The van der Waals surface area contributed by atoms with Gasteiger partial charge in [-0.25, -0.2) is 0 Å². The van der Waals surface area contributed by atoms with Crippen molar-refractivity contribution >= 4 is 33.9 Å². The highest BCUT2D eigenvalue weighted by Gasteiger charge is 2.25. The summed E-state index contributed by atoms with van der Waals surface area (Å²) in [6, 6.07) is 8.08. The van der Waals surface area contributed by atoms with Crippen molar-refractivity contribution in [2.24, 2.45) is 0 Å². The lowest BCUT2D eigenvalue weighted by atomic mass is 10.1. The van der Waals surface area contributed by atoms with Gasteiger partial charge in [-0.3, -0.25) is 19.7 Å². The number of hydrogen-bond donors (Lipinski definition) is 1. The van der Waals surface area contributed by atoms with Gasteiger partial charge in [-0.15, -0.1) is 11.3 Å². The van der Waals surface area contributed by atoms with Gasteiger partial charge < -0.3 is 10.1 Å². The number of nitro benzene ring substituents is 1. The first-order valence-electron chi connectivity index (χ1n) is 9.68. The molecule has 0 saturated carbocycles. The highest BCUT2D eigenvalue weighted by atomic mass is 32.1. The van der Waals surface area contributed by atoms with E-state index in [4.69, 9.17) is 4.74 Å². The van der Waals surface area contributed by atoms with Crippen molar-refractivity contribution in [3.8, 4) is 6.07 Å². The molecule has 1 atom stereocenters. The monoisotopic (exact) mass is 427 g/mol. The Morgan fingerprint density at radius 1 is 1.30 bits per heavy atom. The van der Waals surface area contributed by atoms with Crippen molar-refractivity contribution in [2.45, 2.75) is 51.6 Å². The third-order valence-corrected chi connectivity index (χ3v) is 6.18. The molecule has 0 aliphatic heterocycles. The number of carbonyl (C=O) groups is 2. The van der Waals surface area contributed by atoms with E-state index in [1.165, 1.54) is 36.5 Å². The maximum absolute atomic E-state index is 12.5. The third-order valence-electron chi connectivity index (χ3n) is 4.97. The predicted molar refractivity (Wildman–Crippen MR) is 111 cm³/mol. The fourth-order valence-electron chi connectivity index (χ4n) is 3.45. The second kappa shape index (κ2) is 9.50. The van der Waals surface area contributed by atoms with Crippen LogP contribution >= 0.6 is 11.3 Å². The number of fused-ring (bicyclic) bond motifs is 1. The summed E-state index contributed by atoms with van der Waals surface area (Å²) in [5, 5.41) is 23.8. The van der Waals surface area contributed by atoms with Gasteiger partial charge in [0.1, 0.15) is 11.1 Å². The van der Waals surface area contributed by atoms with E-state index in [9.17, 15) is 25.0 Å². The van der Waals surface area contributed by atoms with E-state index in [1.54, 1.807) is 6.07 Å². The zero-order valence-corrected chi connectivity index (χ0v) is 17.3. The maximum atomic E-state index is 12.5. The molecule has 8 nitrogen and oxygen atoms in total. The normalized spacial score (nSPS) is 14.0. The van der Waals surface area contributed by atoms with E-state index in [1.807, 2.05) is 0 Å². The molecule has 1 aliphatic carbocycles. The molecule has 9 heteroatoms. The third kappa shape index (κ3) is 4.83. The Balaban J connectivity index is 1.65. The Hall–Kier alpha value is -3.25. The van der Waals surface area contributed by atoms with Crippen LogP contribution < -0.4 is 5.32 Å². The number of esters is 1. The number of aryl methyl sites for hydroxylation is 1. The topological polar surface area (TPSA) is 122 Å². The van der Waals surface area contributed by atoms with Crippen LogP contribution in [0, 0.1) is 21.4 Å². The minimum absolute atomic E-state index is 0.176. The van der Waals surface area contributed by atoms with Gasteiger partial charge in [0.25, 0.3) is 11.6 Å². The van der Waals surface area contributed by atoms with Crippen LogP contribution in [0.5, 0.6) is 0 Å². The summed E-state index contributed by atoms with van der Waals surface area (Å²) in [4.78, 5) is 36.4. The highest BCUT2D eigenvalue weighted by Crippen LogP contribution is 2.37. The van der Waals surface area contributed by atoms with Crippen molar-refractivity contribution in [1.29, 1.82) is 5.26 Å². The van der Waals surface area contributed by atoms with Crippen LogP contribution in [0.15, 0.2) is 24.3 Å². The molecule has 1 amide bonds. The SMILES string of the molecule is CC(OC(=O)Cc1ccccc1[N+](=O)[O-])C(=O)Nc1sc2c(c1C#N)CCCCC2. The molecule has 2 aromatic rings. The summed E-state index contributed by atoms with van der Waals surface area (Å²) in [5.74, 6) is -1.28. The number of nitrogens with zero attached hydrogens (tertiary/aromatic N) is 2. The van der Waals surface area contributed by atoms with Gasteiger partial charge in [-0.05, 0) is 38.2 Å². The number of amides is 1. The number of ether oxygens (including phenoxy) is 1. The molecule has 1 heterocycles. The Kier molecular flexibility index (Phi) is 6.79. The summed E-state index contributed by atoms with van der Waals surface area (Å²) in [5.41, 5.74) is 1.54. The smallest absolute Gasteiger partial charge is 0.311 e. The molecule has 156 valence electrons. The number of anilines is 1. The van der Waals surface area contributed by atoms with Gasteiger partial charge in [-0.2, -0.15) is 5.26 Å². The maximum Gasteiger partial charge on any atom is 0.311 e. The molecule has 0 saturated heterocycles. The Bertz CT molecular complexity index is 1020. The van der Waals surface area contributed by atoms with Gasteiger partial charge in [0.15, 0.2) is 6.10 Å². The highest BCUT2D eigenvalue weighted by molar-refractivity contribution is 7.16. The first-order chi connectivity index (χ1) is 14.4. The average Bonchev–Trinajstić information content (AvgIpc) is 2.87. The molecule has 1 N–H and O–H groups in total. The molecule has 1 aromatic heterocycles. The average molecular weight is 427 g/mol. The molecule has 0 bridgehead atoms. The summed E-state index contributed by atoms with van der Waals surface area (Å²) < 4.78 is 5.17. The summed E-state index contributed by atoms with van der Waals surface area (Å²) in [7, 11) is 0. The fraction of sp³-hybridized carbons (Fsp3) is 0.381. The first kappa shape index (κ1) is 21.5. The van der Waals surface area contributed by atoms with Crippen LogP contribution in [0.1, 0.15) is 47.8 Å². The molecule has 0 radical (unpaired) electrons. The molecule has 0 fully saturated rings. The minimum atomic E-state index is -1.10. The number of nitro groups is 1. The molecular formula is C21H21N3O5S. The van der Waals surface area contributed by atoms with Gasteiger partial charge in [0.2, 0.25) is 0 Å². The van der Waals surface area contributed by atoms with Crippen LogP contribution in [0.25, 0.3) is 0 Å². The fourth-order valence-corrected chi connectivity index (χ4v) is 4.69. The van der Waals surface area contributed by atoms with E-state index < -0.39 is 22.9 Å². The number of nitrogens with one attached hydrogen (secondary N) is 1. The predicted octanol–water partition coefficient (Wildman–Crippen LogP) is 3.91. The molecular weight excluding hydrogens is 406 g/mol. The largest absolute Gasteiger partial charge is 0.452 e. The molecule has 3 rings (SSSR count). The van der Waals surface area contributed by atoms with E-state index in [0.717, 1.165) is 42.5 Å². The Labute approximate surface area is 177 Å². The van der Waals surface area contributed by atoms with Gasteiger partial charge in [0, 0.05) is 16.5 Å². The summed E-state index contributed by atoms with van der Waals surface area (Å²) in [6.07, 6.45) is 3.51. The van der Waals surface area contributed by atoms with Crippen molar-refractivity contribution < 1.29 is 19.2 Å². The van der Waals surface area contributed by atoms with Gasteiger partial charge in [0.05, 0.1) is 16.9 Å². The van der Waals surface area contributed by atoms with Crippen LogP contribution in [-0.4, -0.2) is 22.9 Å². The molecule has 30 heavy (non-hydrogen) atoms. The van der Waals surface area contributed by atoms with Gasteiger partial charge >= 0.3 is 5.97 Å². The Morgan fingerprint density at radius 3 is 2.77 bits per heavy atom. The zero-order chi connectivity index (χ0) is 21.7. The molecule has 1 unspecified atom stereocenters. The van der Waals surface area contributed by atoms with E-state index in [2.05, 4.69) is 11.4 Å². The number of para-hydroxylation sites is 1. The van der Waals surface area contributed by atoms with E-state index in [0.29, 0.717) is 10.6 Å². The van der Waals surface area contributed by atoms with Crippen LogP contribution in [0.4, 0.5) is 10.7 Å². The molecule has 0 spiro atoms. The number of rotatable bonds is 6. The molecule has 1 aromatic carbocycles. The van der Waals surface area contributed by atoms with Crippen LogP contribution in [0.2, 0.25) is 0 Å². The van der Waals surface area contributed by atoms with E-state index in [-0.39, 0.29) is 17.7 Å². The molecule has 1 aliphatic rings. The number of benzene rings is 1. The lowest BCUT2D eigenvalue weighted by molar-refractivity contribution is -0.385. The Morgan fingerprint density at radius 2 is 2.03 bits per heavy atom. The number of hydrogen-bond acceptors (Lipinski definition) is 7. The standard InChI is InChI=1S/C21H21N3O5S/c1-13(29-19(25)11-14-7-5-6-9-17(14)24(27)28)20(26)23-21-16(12-22)15-8-3-2-4-10-18(15)30-21/h5-7,9,13H,2-4,8,10-11H2,1H3,(H,23,26). The van der Waals surface area contributed by atoms with Gasteiger partial charge in [-0.1, -0.05) is 24.6 Å². The zero-order valence-electron chi connectivity index (χ0n) is 16.5. The van der Waals surface area contributed by atoms with Crippen LogP contribution in [0.3, 0.4) is 0 Å². The second-order valence-corrected chi connectivity index (χ2v) is 8.17. The lowest BCUT2D eigenvalue weighted by Crippen LogP contribution is -2.30. The van der Waals surface area contributed by atoms with Crippen molar-refractivity contribution in [2.75, 3.05) is 5.32 Å². The second-order valence-electron chi connectivity index (χ2n) is 7.06. The first-order valence-corrected chi connectivity index (χ1v) is 10.5. The summed E-state index contributed by atoms with van der Waals surface area (Å²) >= 11 is 1.40. The van der Waals surface area contributed by atoms with Crippen molar-refractivity contribution in [3.05, 3.63) is 55.9 Å². The van der Waals surface area contributed by atoms with Crippen LogP contribution in [-0.2, 0) is 33.6 Å². The van der Waals surface area contributed by atoms with E-state index >= 15 is 0 Å². The lowest BCUT2D eigenvalue weighted by Gasteiger charge is -2.13. The quantitative estimate of drug-likeness (QED) is 0.323. The number of nitriles is 1. The minimum Gasteiger partial charge on any atom is -0.452 e. The number of thiophene rings is 1. The number of carbonyl (C=O) groups excluding carboxylic acids is 2. The van der Waals surface area contributed by atoms with Crippen molar-refractivity contribution in [1.82, 2.24) is 0 Å². The summed E-state index contributed by atoms with van der Waals surface area (Å²) in [6.45, 7) is 1.43.